The lowest BCUT2D eigenvalue weighted by Crippen LogP contribution is -2.19. The number of rotatable bonds is 4. The van der Waals surface area contributed by atoms with Gasteiger partial charge in [-0.05, 0) is 12.1 Å². The van der Waals surface area contributed by atoms with E-state index in [1.165, 1.54) is 11.8 Å². The van der Waals surface area contributed by atoms with Crippen molar-refractivity contribution in [3.8, 4) is 0 Å². The van der Waals surface area contributed by atoms with Gasteiger partial charge in [0.2, 0.25) is 0 Å². The Hall–Kier alpha value is -1.07. The van der Waals surface area contributed by atoms with E-state index in [0.29, 0.717) is 5.69 Å². The molecule has 0 saturated heterocycles. The quantitative estimate of drug-likeness (QED) is 0.749. The van der Waals surface area contributed by atoms with Gasteiger partial charge in [0.1, 0.15) is 5.69 Å². The lowest BCUT2D eigenvalue weighted by atomic mass is 10.3. The van der Waals surface area contributed by atoms with Crippen molar-refractivity contribution in [2.24, 2.45) is 0 Å². The lowest BCUT2D eigenvalue weighted by Gasteiger charge is -2.07. The number of carbonyl (C=O) groups excluding carboxylic acids is 1. The first-order valence-electron chi connectivity index (χ1n) is 4.63. The first-order chi connectivity index (χ1) is 7.17. The summed E-state index contributed by atoms with van der Waals surface area (Å²) in [4.78, 5) is 16.2. The molecule has 0 spiro atoms. The Bertz CT molecular complexity index is 344. The second-order valence-electron chi connectivity index (χ2n) is 3.07. The highest BCUT2D eigenvalue weighted by molar-refractivity contribution is 8.00. The maximum atomic E-state index is 11.3. The molecule has 1 unspecified atom stereocenters. The SMILES string of the molecule is CNC(=O)c1cc(SC(C)CO)ccn1. The minimum atomic E-state index is -0.200. The van der Waals surface area contributed by atoms with E-state index in [1.807, 2.05) is 13.0 Å². The van der Waals surface area contributed by atoms with Crippen LogP contribution in [-0.2, 0) is 0 Å². The third-order valence-electron chi connectivity index (χ3n) is 1.79. The number of nitrogens with one attached hydrogen (secondary N) is 1. The van der Waals surface area contributed by atoms with Crippen LogP contribution in [0, 0.1) is 0 Å². The van der Waals surface area contributed by atoms with Gasteiger partial charge in [-0.2, -0.15) is 0 Å². The molecule has 1 amide bonds. The molecule has 1 aromatic rings. The Morgan fingerprint density at radius 1 is 1.73 bits per heavy atom. The van der Waals surface area contributed by atoms with Gasteiger partial charge in [-0.3, -0.25) is 9.78 Å². The number of amides is 1. The van der Waals surface area contributed by atoms with Crippen molar-refractivity contribution in [3.63, 3.8) is 0 Å². The first-order valence-corrected chi connectivity index (χ1v) is 5.51. The molecule has 1 rings (SSSR count). The highest BCUT2D eigenvalue weighted by atomic mass is 32.2. The van der Waals surface area contributed by atoms with Crippen molar-refractivity contribution >= 4 is 17.7 Å². The molecule has 0 aromatic carbocycles. The molecule has 0 saturated carbocycles. The molecule has 0 aliphatic rings. The monoisotopic (exact) mass is 226 g/mol. The van der Waals surface area contributed by atoms with Crippen molar-refractivity contribution in [2.45, 2.75) is 17.1 Å². The van der Waals surface area contributed by atoms with Crippen LogP contribution in [0.15, 0.2) is 23.2 Å². The van der Waals surface area contributed by atoms with E-state index in [0.717, 1.165) is 4.90 Å². The number of hydrogen-bond acceptors (Lipinski definition) is 4. The molecule has 15 heavy (non-hydrogen) atoms. The summed E-state index contributed by atoms with van der Waals surface area (Å²) in [5.41, 5.74) is 0.396. The fourth-order valence-electron chi connectivity index (χ4n) is 1.01. The van der Waals surface area contributed by atoms with Gasteiger partial charge in [0.25, 0.3) is 5.91 Å². The van der Waals surface area contributed by atoms with E-state index in [1.54, 1.807) is 19.3 Å². The molecule has 1 heterocycles. The molecule has 5 heteroatoms. The van der Waals surface area contributed by atoms with Crippen LogP contribution in [0.3, 0.4) is 0 Å². The van der Waals surface area contributed by atoms with Gasteiger partial charge < -0.3 is 10.4 Å². The summed E-state index contributed by atoms with van der Waals surface area (Å²) in [5.74, 6) is -0.200. The smallest absolute Gasteiger partial charge is 0.269 e. The summed E-state index contributed by atoms with van der Waals surface area (Å²) in [5, 5.41) is 11.5. The van der Waals surface area contributed by atoms with E-state index >= 15 is 0 Å². The fourth-order valence-corrected chi connectivity index (χ4v) is 1.86. The fraction of sp³-hybridized carbons (Fsp3) is 0.400. The number of aliphatic hydroxyl groups is 1. The number of thioether (sulfide) groups is 1. The number of carbonyl (C=O) groups is 1. The predicted molar refractivity (Wildman–Crippen MR) is 60.0 cm³/mol. The average molecular weight is 226 g/mol. The van der Waals surface area contributed by atoms with Gasteiger partial charge >= 0.3 is 0 Å². The summed E-state index contributed by atoms with van der Waals surface area (Å²) in [6.07, 6.45) is 1.59. The molecular formula is C10H14N2O2S. The van der Waals surface area contributed by atoms with Crippen molar-refractivity contribution in [3.05, 3.63) is 24.0 Å². The standard InChI is InChI=1S/C10H14N2O2S/c1-7(6-13)15-8-3-4-12-9(5-8)10(14)11-2/h3-5,7,13H,6H2,1-2H3,(H,11,14). The van der Waals surface area contributed by atoms with E-state index in [9.17, 15) is 4.79 Å². The predicted octanol–water partition coefficient (Wildman–Crippen LogP) is 0.914. The summed E-state index contributed by atoms with van der Waals surface area (Å²) >= 11 is 1.52. The Morgan fingerprint density at radius 2 is 2.47 bits per heavy atom. The van der Waals surface area contributed by atoms with Crippen molar-refractivity contribution in [1.82, 2.24) is 10.3 Å². The number of nitrogens with zero attached hydrogens (tertiary/aromatic N) is 1. The zero-order valence-electron chi connectivity index (χ0n) is 8.73. The van der Waals surface area contributed by atoms with Gasteiger partial charge in [0.15, 0.2) is 0 Å². The maximum Gasteiger partial charge on any atom is 0.269 e. The second kappa shape index (κ2) is 5.72. The summed E-state index contributed by atoms with van der Waals surface area (Å²) in [6.45, 7) is 2.03. The average Bonchev–Trinajstić information content (AvgIpc) is 2.28. The molecule has 0 fully saturated rings. The van der Waals surface area contributed by atoms with Crippen LogP contribution < -0.4 is 5.32 Å². The van der Waals surface area contributed by atoms with Crippen LogP contribution in [0.1, 0.15) is 17.4 Å². The highest BCUT2D eigenvalue weighted by Crippen LogP contribution is 2.22. The van der Waals surface area contributed by atoms with Crippen LogP contribution in [-0.4, -0.2) is 34.9 Å². The number of aliphatic hydroxyl groups excluding tert-OH is 1. The van der Waals surface area contributed by atoms with Gasteiger partial charge in [0, 0.05) is 23.4 Å². The highest BCUT2D eigenvalue weighted by Gasteiger charge is 2.07. The van der Waals surface area contributed by atoms with Gasteiger partial charge in [0.05, 0.1) is 6.61 Å². The topological polar surface area (TPSA) is 62.2 Å². The molecule has 1 atom stereocenters. The minimum absolute atomic E-state index is 0.113. The molecule has 1 aromatic heterocycles. The molecular weight excluding hydrogens is 212 g/mol. The van der Waals surface area contributed by atoms with E-state index < -0.39 is 0 Å². The van der Waals surface area contributed by atoms with Crippen LogP contribution in [0.25, 0.3) is 0 Å². The molecule has 2 N–H and O–H groups in total. The molecule has 0 radical (unpaired) electrons. The second-order valence-corrected chi connectivity index (χ2v) is 4.58. The van der Waals surface area contributed by atoms with Crippen LogP contribution in [0.5, 0.6) is 0 Å². The van der Waals surface area contributed by atoms with Crippen molar-refractivity contribution in [1.29, 1.82) is 0 Å². The van der Waals surface area contributed by atoms with Crippen molar-refractivity contribution < 1.29 is 9.90 Å². The largest absolute Gasteiger partial charge is 0.395 e. The minimum Gasteiger partial charge on any atom is -0.395 e. The summed E-state index contributed by atoms with van der Waals surface area (Å²) < 4.78 is 0. The van der Waals surface area contributed by atoms with E-state index in [2.05, 4.69) is 10.3 Å². The van der Waals surface area contributed by atoms with Crippen molar-refractivity contribution in [2.75, 3.05) is 13.7 Å². The number of aromatic nitrogens is 1. The Morgan fingerprint density at radius 3 is 3.07 bits per heavy atom. The van der Waals surface area contributed by atoms with E-state index in [4.69, 9.17) is 5.11 Å². The zero-order valence-corrected chi connectivity index (χ0v) is 9.54. The zero-order chi connectivity index (χ0) is 11.3. The maximum absolute atomic E-state index is 11.3. The molecule has 82 valence electrons. The summed E-state index contributed by atoms with van der Waals surface area (Å²) in [7, 11) is 1.57. The molecule has 0 bridgehead atoms. The Kier molecular flexibility index (Phi) is 4.58. The number of hydrogen-bond donors (Lipinski definition) is 2. The Labute approximate surface area is 93.1 Å². The van der Waals surface area contributed by atoms with Crippen LogP contribution in [0.2, 0.25) is 0 Å². The normalized spacial score (nSPS) is 12.2. The summed E-state index contributed by atoms with van der Waals surface area (Å²) in [6, 6.07) is 3.54. The number of pyridine rings is 1. The molecule has 0 aliphatic carbocycles. The van der Waals surface area contributed by atoms with Gasteiger partial charge in [-0.15, -0.1) is 11.8 Å². The van der Waals surface area contributed by atoms with Gasteiger partial charge in [-0.25, -0.2) is 0 Å². The molecule has 4 nitrogen and oxygen atoms in total. The third kappa shape index (κ3) is 3.53. The third-order valence-corrected chi connectivity index (χ3v) is 2.86. The first kappa shape index (κ1) is 12.0. The van der Waals surface area contributed by atoms with Gasteiger partial charge in [-0.1, -0.05) is 6.92 Å². The van der Waals surface area contributed by atoms with E-state index in [-0.39, 0.29) is 17.8 Å². The van der Waals surface area contributed by atoms with Crippen LogP contribution >= 0.6 is 11.8 Å². The molecule has 0 aliphatic heterocycles. The Balaban J connectivity index is 2.78. The lowest BCUT2D eigenvalue weighted by molar-refractivity contribution is 0.0958. The van der Waals surface area contributed by atoms with Crippen LogP contribution in [0.4, 0.5) is 0 Å².